The van der Waals surface area contributed by atoms with Gasteiger partial charge in [-0.25, -0.2) is 0 Å². The van der Waals surface area contributed by atoms with Crippen molar-refractivity contribution < 1.29 is 0 Å². The van der Waals surface area contributed by atoms with E-state index in [1.54, 1.807) is 0 Å². The van der Waals surface area contributed by atoms with Gasteiger partial charge in [0.25, 0.3) is 0 Å². The molecule has 4 nitrogen and oxygen atoms in total. The Balaban J connectivity index is 1.28. The zero-order valence-corrected chi connectivity index (χ0v) is 21.8. The normalized spacial score (nSPS) is 19.6. The van der Waals surface area contributed by atoms with Gasteiger partial charge < -0.3 is 10.2 Å². The smallest absolute Gasteiger partial charge is 0.0659 e. The molecule has 1 N–H and O–H groups in total. The minimum Gasteiger partial charge on any atom is -0.385 e. The van der Waals surface area contributed by atoms with Crippen LogP contribution >= 0.6 is 23.2 Å². The van der Waals surface area contributed by atoms with Crippen molar-refractivity contribution in [1.82, 2.24) is 15.1 Å². The number of dihydropyridines is 1. The Morgan fingerprint density at radius 1 is 1.03 bits per heavy atom. The summed E-state index contributed by atoms with van der Waals surface area (Å²) < 4.78 is 0. The van der Waals surface area contributed by atoms with Gasteiger partial charge in [-0.15, -0.1) is 0 Å². The lowest BCUT2D eigenvalue weighted by atomic mass is 9.96. The number of piperazine rings is 1. The number of nitrogens with zero attached hydrogens (tertiary/aromatic N) is 3. The van der Waals surface area contributed by atoms with Crippen LogP contribution in [-0.2, 0) is 0 Å². The Hall–Kier alpha value is -2.37. The molecule has 184 valence electrons. The number of rotatable bonds is 9. The fourth-order valence-corrected chi connectivity index (χ4v) is 4.86. The summed E-state index contributed by atoms with van der Waals surface area (Å²) in [6.07, 6.45) is 9.01. The Bertz CT molecular complexity index is 1060. The van der Waals surface area contributed by atoms with E-state index in [1.807, 2.05) is 37.4 Å². The summed E-state index contributed by atoms with van der Waals surface area (Å²) in [5, 5.41) is 5.15. The lowest BCUT2D eigenvalue weighted by molar-refractivity contribution is 0.109. The third-order valence-corrected chi connectivity index (χ3v) is 6.89. The highest BCUT2D eigenvalue weighted by molar-refractivity contribution is 6.30. The van der Waals surface area contributed by atoms with Crippen molar-refractivity contribution in [1.29, 1.82) is 0 Å². The highest BCUT2D eigenvalue weighted by atomic mass is 35.5. The van der Waals surface area contributed by atoms with Crippen molar-refractivity contribution in [3.8, 4) is 0 Å². The first-order valence-corrected chi connectivity index (χ1v) is 13.1. The number of allylic oxidation sites excluding steroid dienone is 4. The van der Waals surface area contributed by atoms with Gasteiger partial charge in [0, 0.05) is 54.7 Å². The van der Waals surface area contributed by atoms with Gasteiger partial charge >= 0.3 is 0 Å². The standard InChI is InChI=1S/C29H34Cl2N4/c1-23(30)8-9-26-22-32-16-14-28(26)33-15-5-17-34-18-20-35(21-19-34)29(24-6-3-2-4-7-24)25-10-12-27(31)13-11-25/h2-4,6-14,16,29,33H,5,15,17-22H2,1H3/b23-8+,26-9+. The maximum Gasteiger partial charge on any atom is 0.0659 e. The molecule has 0 bridgehead atoms. The van der Waals surface area contributed by atoms with Gasteiger partial charge in [0.05, 0.1) is 12.6 Å². The molecular formula is C29H34Cl2N4. The number of hydrogen-bond acceptors (Lipinski definition) is 4. The van der Waals surface area contributed by atoms with Gasteiger partial charge in [0.1, 0.15) is 0 Å². The van der Waals surface area contributed by atoms with E-state index in [9.17, 15) is 0 Å². The summed E-state index contributed by atoms with van der Waals surface area (Å²) >= 11 is 12.2. The van der Waals surface area contributed by atoms with E-state index in [2.05, 4.69) is 68.6 Å². The van der Waals surface area contributed by atoms with Crippen molar-refractivity contribution in [3.63, 3.8) is 0 Å². The maximum atomic E-state index is 6.17. The third kappa shape index (κ3) is 7.55. The molecule has 4 rings (SSSR count). The predicted molar refractivity (Wildman–Crippen MR) is 150 cm³/mol. The highest BCUT2D eigenvalue weighted by Gasteiger charge is 2.26. The summed E-state index contributed by atoms with van der Waals surface area (Å²) in [4.78, 5) is 9.53. The number of benzene rings is 2. The minimum atomic E-state index is 0.257. The average molecular weight is 510 g/mol. The lowest BCUT2D eigenvalue weighted by Gasteiger charge is -2.40. The Morgan fingerprint density at radius 3 is 2.46 bits per heavy atom. The van der Waals surface area contributed by atoms with E-state index < -0.39 is 0 Å². The topological polar surface area (TPSA) is 30.9 Å². The first-order valence-electron chi connectivity index (χ1n) is 12.3. The molecule has 2 aliphatic heterocycles. The van der Waals surface area contributed by atoms with E-state index in [-0.39, 0.29) is 6.04 Å². The van der Waals surface area contributed by atoms with Crippen LogP contribution in [0.25, 0.3) is 0 Å². The van der Waals surface area contributed by atoms with Gasteiger partial charge in [0.15, 0.2) is 0 Å². The van der Waals surface area contributed by atoms with Crippen LogP contribution < -0.4 is 5.32 Å². The zero-order chi connectivity index (χ0) is 24.5. The molecule has 0 saturated carbocycles. The van der Waals surface area contributed by atoms with Crippen LogP contribution in [0.5, 0.6) is 0 Å². The summed E-state index contributed by atoms with van der Waals surface area (Å²) in [7, 11) is 0. The molecule has 6 heteroatoms. The quantitative estimate of drug-likeness (QED) is 0.417. The summed E-state index contributed by atoms with van der Waals surface area (Å²) in [6.45, 7) is 8.88. The summed E-state index contributed by atoms with van der Waals surface area (Å²) in [5.74, 6) is 0. The fraction of sp³-hybridized carbons (Fsp3) is 0.345. The second kappa shape index (κ2) is 13.1. The van der Waals surface area contributed by atoms with Gasteiger partial charge in [-0.2, -0.15) is 0 Å². The zero-order valence-electron chi connectivity index (χ0n) is 20.3. The van der Waals surface area contributed by atoms with E-state index in [0.717, 1.165) is 61.4 Å². The van der Waals surface area contributed by atoms with Gasteiger partial charge in [-0.05, 0) is 60.9 Å². The minimum absolute atomic E-state index is 0.257. The van der Waals surface area contributed by atoms with Crippen molar-refractivity contribution in [2.75, 3.05) is 45.8 Å². The summed E-state index contributed by atoms with van der Waals surface area (Å²) in [5.41, 5.74) is 4.95. The second-order valence-corrected chi connectivity index (χ2v) is 10.1. The lowest BCUT2D eigenvalue weighted by Crippen LogP contribution is -2.48. The first-order chi connectivity index (χ1) is 17.1. The van der Waals surface area contributed by atoms with Crippen molar-refractivity contribution >= 4 is 29.4 Å². The molecule has 2 aliphatic rings. The molecular weight excluding hydrogens is 475 g/mol. The molecule has 0 aliphatic carbocycles. The number of halogens is 2. The van der Waals surface area contributed by atoms with Crippen LogP contribution in [0, 0.1) is 0 Å². The van der Waals surface area contributed by atoms with Crippen LogP contribution in [0.3, 0.4) is 0 Å². The van der Waals surface area contributed by atoms with Crippen LogP contribution in [0.2, 0.25) is 5.02 Å². The molecule has 2 aromatic carbocycles. The van der Waals surface area contributed by atoms with E-state index in [4.69, 9.17) is 23.2 Å². The van der Waals surface area contributed by atoms with Gasteiger partial charge in [-0.1, -0.05) is 71.7 Å². The molecule has 1 atom stereocenters. The number of nitrogens with one attached hydrogen (secondary N) is 1. The van der Waals surface area contributed by atoms with Crippen LogP contribution in [-0.4, -0.2) is 61.8 Å². The van der Waals surface area contributed by atoms with E-state index in [1.165, 1.54) is 16.7 Å². The number of aliphatic imine (C=N–C) groups is 1. The van der Waals surface area contributed by atoms with Crippen LogP contribution in [0.15, 0.2) is 94.1 Å². The molecule has 0 aromatic heterocycles. The molecule has 0 radical (unpaired) electrons. The molecule has 1 unspecified atom stereocenters. The van der Waals surface area contributed by atoms with Crippen LogP contribution in [0.1, 0.15) is 30.5 Å². The third-order valence-electron chi connectivity index (χ3n) is 6.51. The van der Waals surface area contributed by atoms with Crippen molar-refractivity contribution in [3.05, 3.63) is 105 Å². The highest BCUT2D eigenvalue weighted by Crippen LogP contribution is 2.30. The van der Waals surface area contributed by atoms with E-state index >= 15 is 0 Å². The fourth-order valence-electron chi connectivity index (χ4n) is 4.67. The Kier molecular flexibility index (Phi) is 9.61. The SMILES string of the molecule is C/C(Cl)=C\C=C1/CN=CC=C1NCCCN1CCN(C(c2ccccc2)c2ccc(Cl)cc2)CC1. The van der Waals surface area contributed by atoms with Crippen molar-refractivity contribution in [2.45, 2.75) is 19.4 Å². The largest absolute Gasteiger partial charge is 0.385 e. The summed E-state index contributed by atoms with van der Waals surface area (Å²) in [6, 6.07) is 19.4. The van der Waals surface area contributed by atoms with Gasteiger partial charge in [-0.3, -0.25) is 9.89 Å². The molecule has 35 heavy (non-hydrogen) atoms. The predicted octanol–water partition coefficient (Wildman–Crippen LogP) is 6.06. The monoisotopic (exact) mass is 508 g/mol. The molecule has 0 spiro atoms. The second-order valence-electron chi connectivity index (χ2n) is 9.04. The molecule has 2 aromatic rings. The Morgan fingerprint density at radius 2 is 1.74 bits per heavy atom. The Labute approximate surface area is 219 Å². The van der Waals surface area contributed by atoms with Crippen molar-refractivity contribution in [2.24, 2.45) is 4.99 Å². The van der Waals surface area contributed by atoms with Gasteiger partial charge in [0.2, 0.25) is 0 Å². The average Bonchev–Trinajstić information content (AvgIpc) is 2.89. The van der Waals surface area contributed by atoms with E-state index in [0.29, 0.717) is 6.54 Å². The molecule has 1 saturated heterocycles. The molecule has 0 amide bonds. The molecule has 1 fully saturated rings. The molecule has 2 heterocycles. The van der Waals surface area contributed by atoms with Crippen LogP contribution in [0.4, 0.5) is 0 Å². The number of hydrogen-bond donors (Lipinski definition) is 1. The first kappa shape index (κ1) is 25.7. The maximum absolute atomic E-state index is 6.17.